The van der Waals surface area contributed by atoms with E-state index in [-0.39, 0.29) is 18.2 Å². The molecule has 0 saturated carbocycles. The van der Waals surface area contributed by atoms with Gasteiger partial charge in [0.05, 0.1) is 13.2 Å². The largest absolute Gasteiger partial charge is 0.481 e. The highest BCUT2D eigenvalue weighted by molar-refractivity contribution is 5.84. The Morgan fingerprint density at radius 3 is 2.32 bits per heavy atom. The number of alkyl halides is 3. The first kappa shape index (κ1) is 27.3. The zero-order valence-electron chi connectivity index (χ0n) is 20.5. The Hall–Kier alpha value is -2.75. The van der Waals surface area contributed by atoms with Gasteiger partial charge in [0.1, 0.15) is 11.9 Å². The fourth-order valence-electron chi connectivity index (χ4n) is 4.30. The summed E-state index contributed by atoms with van der Waals surface area (Å²) in [6.45, 7) is 2.00. The van der Waals surface area contributed by atoms with E-state index in [4.69, 9.17) is 14.2 Å². The third-order valence-corrected chi connectivity index (χ3v) is 6.18. The number of rotatable bonds is 10. The summed E-state index contributed by atoms with van der Waals surface area (Å²) in [7, 11) is 0. The summed E-state index contributed by atoms with van der Waals surface area (Å²) in [5.74, 6) is -1.69. The highest BCUT2D eigenvalue weighted by Crippen LogP contribution is 2.26. The Morgan fingerprint density at radius 1 is 0.892 bits per heavy atom. The van der Waals surface area contributed by atoms with E-state index in [1.807, 2.05) is 25.1 Å². The van der Waals surface area contributed by atoms with E-state index in [1.54, 1.807) is 12.1 Å². The summed E-state index contributed by atoms with van der Waals surface area (Å²) >= 11 is 0. The lowest BCUT2D eigenvalue weighted by Crippen LogP contribution is -2.37. The topological polar surface area (TPSA) is 36.9 Å². The van der Waals surface area contributed by atoms with Crippen LogP contribution in [0.3, 0.4) is 0 Å². The van der Waals surface area contributed by atoms with Gasteiger partial charge >= 0.3 is 6.18 Å². The third-order valence-electron chi connectivity index (χ3n) is 6.18. The minimum absolute atomic E-state index is 0.0326. The normalized spacial score (nSPS) is 18.3. The molecule has 9 heteroatoms. The number of benzene rings is 3. The van der Waals surface area contributed by atoms with Gasteiger partial charge < -0.3 is 18.9 Å². The molecule has 0 unspecified atom stereocenters. The van der Waals surface area contributed by atoms with Crippen molar-refractivity contribution in [2.24, 2.45) is 0 Å². The summed E-state index contributed by atoms with van der Waals surface area (Å²) in [6, 6.07) is 12.9. The van der Waals surface area contributed by atoms with Gasteiger partial charge in [-0.1, -0.05) is 36.4 Å². The zero-order chi connectivity index (χ0) is 26.4. The molecule has 1 aliphatic rings. The van der Waals surface area contributed by atoms with Crippen molar-refractivity contribution in [2.75, 3.05) is 26.4 Å². The van der Waals surface area contributed by atoms with E-state index < -0.39 is 24.3 Å². The molecule has 3 aromatic rings. The maximum atomic E-state index is 15.2. The van der Waals surface area contributed by atoms with Gasteiger partial charge in [-0.05, 0) is 60.4 Å². The lowest BCUT2D eigenvalue weighted by molar-refractivity contribution is -0.227. The van der Waals surface area contributed by atoms with E-state index in [0.717, 1.165) is 29.5 Å². The van der Waals surface area contributed by atoms with E-state index in [1.165, 1.54) is 6.07 Å². The average molecular weight is 525 g/mol. The van der Waals surface area contributed by atoms with Crippen LogP contribution in [0.4, 0.5) is 22.0 Å². The van der Waals surface area contributed by atoms with Gasteiger partial charge in [0.25, 0.3) is 0 Å². The lowest BCUT2D eigenvalue weighted by Gasteiger charge is -2.29. The molecule has 1 aliphatic heterocycles. The predicted octanol–water partition coefficient (Wildman–Crippen LogP) is 6.55. The minimum atomic E-state index is -4.55. The Kier molecular flexibility index (Phi) is 9.00. The quantitative estimate of drug-likeness (QED) is 0.282. The molecule has 0 atom stereocenters. The van der Waals surface area contributed by atoms with Crippen LogP contribution in [-0.2, 0) is 33.5 Å². The molecule has 1 saturated heterocycles. The van der Waals surface area contributed by atoms with Crippen LogP contribution < -0.4 is 4.74 Å². The SMILES string of the molecule is CCOC1COC(CCc2ccc3c(F)c(CCc4ccc(OCC(F)(F)F)c(F)c4)ccc3c2)OC1. The lowest BCUT2D eigenvalue weighted by atomic mass is 9.98. The van der Waals surface area contributed by atoms with Crippen LogP contribution >= 0.6 is 0 Å². The van der Waals surface area contributed by atoms with Crippen LogP contribution in [0, 0.1) is 11.6 Å². The second-order valence-electron chi connectivity index (χ2n) is 8.98. The molecular weight excluding hydrogens is 495 g/mol. The molecule has 0 spiro atoms. The molecule has 1 fully saturated rings. The number of aryl methyl sites for hydroxylation is 3. The predicted molar refractivity (Wildman–Crippen MR) is 129 cm³/mol. The number of hydrogen-bond donors (Lipinski definition) is 0. The molecule has 0 bridgehead atoms. The maximum absolute atomic E-state index is 15.2. The summed E-state index contributed by atoms with van der Waals surface area (Å²) in [5, 5.41) is 1.27. The summed E-state index contributed by atoms with van der Waals surface area (Å²) in [4.78, 5) is 0. The van der Waals surface area contributed by atoms with Gasteiger partial charge in [0.2, 0.25) is 0 Å². The smallest absolute Gasteiger partial charge is 0.422 e. The fraction of sp³-hybridized carbons (Fsp3) is 0.429. The second kappa shape index (κ2) is 12.2. The van der Waals surface area contributed by atoms with Crippen molar-refractivity contribution in [2.45, 2.75) is 51.2 Å². The molecule has 200 valence electrons. The molecule has 4 rings (SSSR count). The van der Waals surface area contributed by atoms with Crippen molar-refractivity contribution in [3.8, 4) is 5.75 Å². The number of ether oxygens (including phenoxy) is 4. The highest BCUT2D eigenvalue weighted by atomic mass is 19.4. The molecule has 37 heavy (non-hydrogen) atoms. The third kappa shape index (κ3) is 7.63. The van der Waals surface area contributed by atoms with E-state index >= 15 is 4.39 Å². The van der Waals surface area contributed by atoms with Gasteiger partial charge in [-0.2, -0.15) is 13.2 Å². The van der Waals surface area contributed by atoms with Crippen LogP contribution in [0.15, 0.2) is 48.5 Å². The maximum Gasteiger partial charge on any atom is 0.422 e. The van der Waals surface area contributed by atoms with Crippen molar-refractivity contribution >= 4 is 10.8 Å². The standard InChI is InChI=1S/C28H29F5O4/c1-2-34-22-15-35-26(36-16-22)12-6-18-4-10-23-21(13-18)9-8-20(27(23)30)7-3-19-5-11-25(24(29)14-19)37-17-28(31,32)33/h4-5,8-11,13-14,22,26H,2-3,6-7,12,15-17H2,1H3. The Labute approximate surface area is 212 Å². The summed E-state index contributed by atoms with van der Waals surface area (Å²) in [6.07, 6.45) is -2.84. The van der Waals surface area contributed by atoms with Crippen molar-refractivity contribution in [1.29, 1.82) is 0 Å². The van der Waals surface area contributed by atoms with Crippen molar-refractivity contribution in [3.63, 3.8) is 0 Å². The van der Waals surface area contributed by atoms with Crippen molar-refractivity contribution in [1.82, 2.24) is 0 Å². The van der Waals surface area contributed by atoms with Gasteiger partial charge in [-0.3, -0.25) is 0 Å². The first-order valence-corrected chi connectivity index (χ1v) is 12.2. The van der Waals surface area contributed by atoms with Crippen LogP contribution in [0.25, 0.3) is 10.8 Å². The Morgan fingerprint density at radius 2 is 1.62 bits per heavy atom. The van der Waals surface area contributed by atoms with Gasteiger partial charge in [0.15, 0.2) is 24.5 Å². The number of halogens is 5. The van der Waals surface area contributed by atoms with Crippen LogP contribution in [-0.4, -0.2) is 45.0 Å². The van der Waals surface area contributed by atoms with Crippen molar-refractivity contribution in [3.05, 3.63) is 76.9 Å². The van der Waals surface area contributed by atoms with Crippen LogP contribution in [0.1, 0.15) is 30.0 Å². The number of fused-ring (bicyclic) bond motifs is 1. The minimum Gasteiger partial charge on any atom is -0.481 e. The first-order valence-electron chi connectivity index (χ1n) is 12.2. The second-order valence-corrected chi connectivity index (χ2v) is 8.98. The van der Waals surface area contributed by atoms with Gasteiger partial charge in [0, 0.05) is 18.4 Å². The molecule has 1 heterocycles. The van der Waals surface area contributed by atoms with Gasteiger partial charge in [-0.15, -0.1) is 0 Å². The summed E-state index contributed by atoms with van der Waals surface area (Å²) in [5.41, 5.74) is 2.06. The Bertz CT molecular complexity index is 1190. The zero-order valence-corrected chi connectivity index (χ0v) is 20.5. The molecule has 0 amide bonds. The highest BCUT2D eigenvalue weighted by Gasteiger charge is 2.29. The monoisotopic (exact) mass is 524 g/mol. The molecule has 0 aromatic heterocycles. The van der Waals surface area contributed by atoms with Crippen LogP contribution in [0.2, 0.25) is 0 Å². The van der Waals surface area contributed by atoms with E-state index in [9.17, 15) is 17.6 Å². The Balaban J connectivity index is 1.33. The first-order chi connectivity index (χ1) is 17.7. The molecular formula is C28H29F5O4. The van der Waals surface area contributed by atoms with E-state index in [0.29, 0.717) is 55.6 Å². The average Bonchev–Trinajstić information content (AvgIpc) is 2.87. The molecule has 0 N–H and O–H groups in total. The molecule has 3 aromatic carbocycles. The molecule has 0 aliphatic carbocycles. The fourth-order valence-corrected chi connectivity index (χ4v) is 4.30. The molecule has 0 radical (unpaired) electrons. The van der Waals surface area contributed by atoms with Crippen molar-refractivity contribution < 1.29 is 40.9 Å². The summed E-state index contributed by atoms with van der Waals surface area (Å²) < 4.78 is 87.5. The van der Waals surface area contributed by atoms with Gasteiger partial charge in [-0.25, -0.2) is 8.78 Å². The van der Waals surface area contributed by atoms with Crippen LogP contribution in [0.5, 0.6) is 5.75 Å². The molecule has 4 nitrogen and oxygen atoms in total. The number of hydrogen-bond acceptors (Lipinski definition) is 4. The van der Waals surface area contributed by atoms with E-state index in [2.05, 4.69) is 4.74 Å².